The first-order chi connectivity index (χ1) is 15.2. The summed E-state index contributed by atoms with van der Waals surface area (Å²) in [7, 11) is 3.09. The zero-order chi connectivity index (χ0) is 23.2. The van der Waals surface area contributed by atoms with Crippen LogP contribution in [0.25, 0.3) is 11.1 Å². The Morgan fingerprint density at radius 2 is 1.81 bits per heavy atom. The summed E-state index contributed by atoms with van der Waals surface area (Å²) in [6.07, 6.45) is 0.315. The van der Waals surface area contributed by atoms with Gasteiger partial charge in [-0.1, -0.05) is 31.4 Å². The van der Waals surface area contributed by atoms with Crippen molar-refractivity contribution in [1.82, 2.24) is 15.1 Å². The molecule has 2 aromatic carbocycles. The highest BCUT2D eigenvalue weighted by Gasteiger charge is 2.34. The van der Waals surface area contributed by atoms with Crippen molar-refractivity contribution < 1.29 is 19.2 Å². The van der Waals surface area contributed by atoms with Crippen LogP contribution >= 0.6 is 0 Å². The van der Waals surface area contributed by atoms with E-state index < -0.39 is 11.8 Å². The lowest BCUT2D eigenvalue weighted by Crippen LogP contribution is -2.38. The Morgan fingerprint density at radius 1 is 1.09 bits per heavy atom. The number of likely N-dealkylation sites (N-methyl/N-ethyl adjacent to an activating group) is 1. The molecular formula is C24H22N4O4. The monoisotopic (exact) mass is 430 g/mol. The second kappa shape index (κ2) is 7.81. The third kappa shape index (κ3) is 3.56. The number of benzene rings is 2. The van der Waals surface area contributed by atoms with Gasteiger partial charge in [-0.25, -0.2) is 0 Å². The van der Waals surface area contributed by atoms with Gasteiger partial charge in [-0.2, -0.15) is 0 Å². The van der Waals surface area contributed by atoms with Crippen LogP contribution in [0.2, 0.25) is 0 Å². The summed E-state index contributed by atoms with van der Waals surface area (Å²) in [5, 5.41) is 5.22. The zero-order valence-electron chi connectivity index (χ0n) is 17.8. The Balaban J connectivity index is 1.58. The molecule has 2 aliphatic rings. The highest BCUT2D eigenvalue weighted by Crippen LogP contribution is 2.36. The summed E-state index contributed by atoms with van der Waals surface area (Å²) in [4.78, 5) is 51.8. The molecular weight excluding hydrogens is 408 g/mol. The van der Waals surface area contributed by atoms with Gasteiger partial charge >= 0.3 is 0 Å². The highest BCUT2D eigenvalue weighted by molar-refractivity contribution is 6.08. The van der Waals surface area contributed by atoms with Crippen molar-refractivity contribution in [2.45, 2.75) is 13.0 Å². The van der Waals surface area contributed by atoms with Gasteiger partial charge < -0.3 is 15.5 Å². The first kappa shape index (κ1) is 21.0. The standard InChI is InChI=1S/C24H22N4O4/c1-13(23(31)27(3)4)25-22(30)14(2)28-12-19-17(6-5-7-18(19)24(28)32)15-8-9-20-16(10-15)11-21(29)26-20/h5-10H,1-2,11-12H2,3-4H3,(H,25,30)(H,26,29). The van der Waals surface area contributed by atoms with Crippen LogP contribution < -0.4 is 10.6 Å². The van der Waals surface area contributed by atoms with E-state index in [1.807, 2.05) is 24.3 Å². The number of nitrogens with one attached hydrogen (secondary N) is 2. The number of nitrogens with zero attached hydrogens (tertiary/aromatic N) is 2. The Morgan fingerprint density at radius 3 is 2.53 bits per heavy atom. The Bertz CT molecular complexity index is 1230. The summed E-state index contributed by atoms with van der Waals surface area (Å²) in [6.45, 7) is 7.51. The predicted octanol–water partition coefficient (Wildman–Crippen LogP) is 2.04. The molecule has 2 aliphatic heterocycles. The molecule has 162 valence electrons. The van der Waals surface area contributed by atoms with E-state index in [1.54, 1.807) is 26.2 Å². The SMILES string of the molecule is C=C(NC(=O)C(=C)N1Cc2c(cccc2-c2ccc3c(c2)CC(=O)N3)C1=O)C(=O)N(C)C. The molecule has 2 N–H and O–H groups in total. The molecule has 0 saturated heterocycles. The lowest BCUT2D eigenvalue weighted by molar-refractivity contribution is -0.127. The first-order valence-corrected chi connectivity index (χ1v) is 9.95. The zero-order valence-corrected chi connectivity index (χ0v) is 17.8. The van der Waals surface area contributed by atoms with Gasteiger partial charge in [0.05, 0.1) is 18.7 Å². The molecule has 4 amide bonds. The van der Waals surface area contributed by atoms with Crippen LogP contribution in [0.1, 0.15) is 21.5 Å². The van der Waals surface area contributed by atoms with Crippen molar-refractivity contribution >= 4 is 29.3 Å². The van der Waals surface area contributed by atoms with Gasteiger partial charge in [-0.15, -0.1) is 0 Å². The van der Waals surface area contributed by atoms with Crippen LogP contribution in [-0.2, 0) is 27.3 Å². The van der Waals surface area contributed by atoms with Gasteiger partial charge in [0.25, 0.3) is 17.7 Å². The average molecular weight is 430 g/mol. The molecule has 0 fully saturated rings. The third-order valence-electron chi connectivity index (χ3n) is 5.53. The highest BCUT2D eigenvalue weighted by atomic mass is 16.2. The number of anilines is 1. The van der Waals surface area contributed by atoms with Gasteiger partial charge in [0.15, 0.2) is 0 Å². The van der Waals surface area contributed by atoms with E-state index in [1.165, 1.54) is 9.80 Å². The second-order valence-corrected chi connectivity index (χ2v) is 7.90. The molecule has 4 rings (SSSR count). The van der Waals surface area contributed by atoms with Crippen molar-refractivity contribution in [3.8, 4) is 11.1 Å². The van der Waals surface area contributed by atoms with E-state index in [-0.39, 0.29) is 29.8 Å². The van der Waals surface area contributed by atoms with E-state index in [4.69, 9.17) is 0 Å². The minimum atomic E-state index is -0.671. The fraction of sp³-hybridized carbons (Fsp3) is 0.167. The van der Waals surface area contributed by atoms with E-state index >= 15 is 0 Å². The molecule has 0 aromatic heterocycles. The quantitative estimate of drug-likeness (QED) is 0.709. The summed E-state index contributed by atoms with van der Waals surface area (Å²) in [5.74, 6) is -1.51. The number of fused-ring (bicyclic) bond motifs is 2. The van der Waals surface area contributed by atoms with Crippen molar-refractivity contribution in [2.24, 2.45) is 0 Å². The molecule has 8 heteroatoms. The van der Waals surface area contributed by atoms with E-state index in [0.717, 1.165) is 27.9 Å². The van der Waals surface area contributed by atoms with Crippen LogP contribution in [-0.4, -0.2) is 47.5 Å². The van der Waals surface area contributed by atoms with E-state index in [0.29, 0.717) is 12.0 Å². The first-order valence-electron chi connectivity index (χ1n) is 9.95. The number of rotatable bonds is 5. The molecule has 0 unspecified atom stereocenters. The molecule has 0 radical (unpaired) electrons. The summed E-state index contributed by atoms with van der Waals surface area (Å²) in [5.41, 5.74) is 4.50. The summed E-state index contributed by atoms with van der Waals surface area (Å²) in [6, 6.07) is 11.1. The number of carbonyl (C=O) groups is 4. The maximum atomic E-state index is 13.0. The average Bonchev–Trinajstić information content (AvgIpc) is 3.30. The fourth-order valence-electron chi connectivity index (χ4n) is 3.87. The van der Waals surface area contributed by atoms with Gasteiger partial charge in [0, 0.05) is 25.3 Å². The van der Waals surface area contributed by atoms with Gasteiger partial charge in [-0.05, 0) is 40.5 Å². The number of hydrogen-bond donors (Lipinski definition) is 2. The minimum absolute atomic E-state index is 0.0477. The predicted molar refractivity (Wildman–Crippen MR) is 119 cm³/mol. The fourth-order valence-corrected chi connectivity index (χ4v) is 3.87. The maximum absolute atomic E-state index is 13.0. The second-order valence-electron chi connectivity index (χ2n) is 7.90. The normalized spacial score (nSPS) is 13.9. The number of carbonyl (C=O) groups excluding carboxylic acids is 4. The number of amides is 4. The van der Waals surface area contributed by atoms with Crippen molar-refractivity contribution in [1.29, 1.82) is 0 Å². The van der Waals surface area contributed by atoms with Gasteiger partial charge in [-0.3, -0.25) is 24.1 Å². The molecule has 0 saturated carbocycles. The third-order valence-corrected chi connectivity index (χ3v) is 5.53. The molecule has 0 atom stereocenters. The largest absolute Gasteiger partial charge is 0.344 e. The van der Waals surface area contributed by atoms with Crippen molar-refractivity contribution in [2.75, 3.05) is 19.4 Å². The van der Waals surface area contributed by atoms with Crippen LogP contribution in [0.3, 0.4) is 0 Å². The molecule has 2 heterocycles. The lowest BCUT2D eigenvalue weighted by Gasteiger charge is -2.19. The van der Waals surface area contributed by atoms with Gasteiger partial charge in [0.1, 0.15) is 5.70 Å². The Kier molecular flexibility index (Phi) is 5.14. The molecule has 0 aliphatic carbocycles. The molecule has 32 heavy (non-hydrogen) atoms. The molecule has 0 bridgehead atoms. The minimum Gasteiger partial charge on any atom is -0.344 e. The van der Waals surface area contributed by atoms with Gasteiger partial charge in [0.2, 0.25) is 5.91 Å². The molecule has 2 aromatic rings. The van der Waals surface area contributed by atoms with Crippen LogP contribution in [0.5, 0.6) is 0 Å². The summed E-state index contributed by atoms with van der Waals surface area (Å²) >= 11 is 0. The Labute approximate surface area is 185 Å². The summed E-state index contributed by atoms with van der Waals surface area (Å²) < 4.78 is 0. The van der Waals surface area contributed by atoms with Crippen LogP contribution in [0, 0.1) is 0 Å². The van der Waals surface area contributed by atoms with Crippen LogP contribution in [0.4, 0.5) is 5.69 Å². The molecule has 0 spiro atoms. The van der Waals surface area contributed by atoms with Crippen molar-refractivity contribution in [3.05, 3.63) is 77.6 Å². The maximum Gasteiger partial charge on any atom is 0.271 e. The van der Waals surface area contributed by atoms with E-state index in [2.05, 4.69) is 23.8 Å². The van der Waals surface area contributed by atoms with Crippen LogP contribution in [0.15, 0.2) is 61.0 Å². The van der Waals surface area contributed by atoms with E-state index in [9.17, 15) is 19.2 Å². The number of hydrogen-bond acceptors (Lipinski definition) is 4. The topological polar surface area (TPSA) is 98.8 Å². The Hall–Kier alpha value is -4.20. The molecule has 8 nitrogen and oxygen atoms in total. The smallest absolute Gasteiger partial charge is 0.271 e. The van der Waals surface area contributed by atoms with Crippen molar-refractivity contribution in [3.63, 3.8) is 0 Å². The lowest BCUT2D eigenvalue weighted by atomic mass is 9.95.